The van der Waals surface area contributed by atoms with Crippen molar-refractivity contribution in [3.63, 3.8) is 0 Å². The maximum Gasteiger partial charge on any atom is 0.297 e. The standard InChI is InChI=1S/C13H12ClFN4O2/c14-7-4-8(15)6-9(5-7)17-12(20)11-18-13(21-19-11)10-2-1-3-16-10/h4-6,10,16H,1-3H2,(H,17,20). The number of nitrogens with one attached hydrogen (secondary N) is 2. The molecule has 2 heterocycles. The average molecular weight is 311 g/mol. The number of anilines is 1. The molecule has 1 amide bonds. The van der Waals surface area contributed by atoms with E-state index in [-0.39, 0.29) is 22.6 Å². The van der Waals surface area contributed by atoms with E-state index in [0.717, 1.165) is 31.5 Å². The molecular weight excluding hydrogens is 299 g/mol. The van der Waals surface area contributed by atoms with Crippen LogP contribution in [0, 0.1) is 5.82 Å². The lowest BCUT2D eigenvalue weighted by Crippen LogP contribution is -2.15. The van der Waals surface area contributed by atoms with Gasteiger partial charge in [0.1, 0.15) is 5.82 Å². The Bertz CT molecular complexity index is 650. The lowest BCUT2D eigenvalue weighted by molar-refractivity contribution is 0.101. The second-order valence-corrected chi connectivity index (χ2v) is 5.15. The van der Waals surface area contributed by atoms with Crippen LogP contribution < -0.4 is 10.6 Å². The smallest absolute Gasteiger partial charge is 0.297 e. The molecule has 2 aromatic rings. The number of hydrogen-bond donors (Lipinski definition) is 2. The highest BCUT2D eigenvalue weighted by Crippen LogP contribution is 2.22. The minimum Gasteiger partial charge on any atom is -0.337 e. The Balaban J connectivity index is 1.73. The van der Waals surface area contributed by atoms with Gasteiger partial charge in [-0.05, 0) is 37.6 Å². The Morgan fingerprint density at radius 1 is 1.48 bits per heavy atom. The molecule has 0 bridgehead atoms. The zero-order valence-electron chi connectivity index (χ0n) is 10.9. The third kappa shape index (κ3) is 3.20. The van der Waals surface area contributed by atoms with Crippen LogP contribution in [0.25, 0.3) is 0 Å². The third-order valence-corrected chi connectivity index (χ3v) is 3.34. The number of carbonyl (C=O) groups is 1. The summed E-state index contributed by atoms with van der Waals surface area (Å²) in [4.78, 5) is 16.0. The highest BCUT2D eigenvalue weighted by Gasteiger charge is 2.24. The highest BCUT2D eigenvalue weighted by atomic mass is 35.5. The van der Waals surface area contributed by atoms with Crippen molar-refractivity contribution in [2.75, 3.05) is 11.9 Å². The summed E-state index contributed by atoms with van der Waals surface area (Å²) in [7, 11) is 0. The molecule has 0 saturated carbocycles. The number of benzene rings is 1. The van der Waals surface area contributed by atoms with Crippen molar-refractivity contribution in [3.8, 4) is 0 Å². The molecule has 1 aromatic carbocycles. The van der Waals surface area contributed by atoms with Gasteiger partial charge in [-0.1, -0.05) is 16.8 Å². The molecule has 1 aliphatic rings. The number of nitrogens with zero attached hydrogens (tertiary/aromatic N) is 2. The first-order valence-corrected chi connectivity index (χ1v) is 6.84. The summed E-state index contributed by atoms with van der Waals surface area (Å²) in [6.45, 7) is 0.885. The van der Waals surface area contributed by atoms with E-state index in [1.165, 1.54) is 6.07 Å². The fraction of sp³-hybridized carbons (Fsp3) is 0.308. The molecule has 1 aliphatic heterocycles. The van der Waals surface area contributed by atoms with Crippen LogP contribution in [-0.2, 0) is 0 Å². The van der Waals surface area contributed by atoms with Crippen LogP contribution in [0.1, 0.15) is 35.4 Å². The van der Waals surface area contributed by atoms with Crippen LogP contribution in [-0.4, -0.2) is 22.6 Å². The first-order chi connectivity index (χ1) is 10.1. The Morgan fingerprint density at radius 2 is 2.33 bits per heavy atom. The van der Waals surface area contributed by atoms with E-state index in [2.05, 4.69) is 20.8 Å². The topological polar surface area (TPSA) is 80.0 Å². The van der Waals surface area contributed by atoms with E-state index in [1.54, 1.807) is 0 Å². The summed E-state index contributed by atoms with van der Waals surface area (Å²) in [5.41, 5.74) is 0.232. The van der Waals surface area contributed by atoms with Gasteiger partial charge in [-0.2, -0.15) is 4.98 Å². The minimum absolute atomic E-state index is 0.0114. The molecule has 110 valence electrons. The molecule has 3 rings (SSSR count). The van der Waals surface area contributed by atoms with Gasteiger partial charge in [0.2, 0.25) is 5.89 Å². The monoisotopic (exact) mass is 310 g/mol. The lowest BCUT2D eigenvalue weighted by atomic mass is 10.2. The summed E-state index contributed by atoms with van der Waals surface area (Å²) < 4.78 is 18.3. The zero-order valence-corrected chi connectivity index (χ0v) is 11.7. The predicted molar refractivity (Wildman–Crippen MR) is 73.6 cm³/mol. The maximum atomic E-state index is 13.2. The summed E-state index contributed by atoms with van der Waals surface area (Å²) >= 11 is 5.72. The Morgan fingerprint density at radius 3 is 3.05 bits per heavy atom. The molecule has 0 spiro atoms. The maximum absolute atomic E-state index is 13.2. The van der Waals surface area contributed by atoms with Crippen LogP contribution in [0.15, 0.2) is 22.7 Å². The van der Waals surface area contributed by atoms with Gasteiger partial charge in [0, 0.05) is 10.7 Å². The fourth-order valence-corrected chi connectivity index (χ4v) is 2.40. The van der Waals surface area contributed by atoms with Gasteiger partial charge in [0.25, 0.3) is 11.7 Å². The highest BCUT2D eigenvalue weighted by molar-refractivity contribution is 6.31. The van der Waals surface area contributed by atoms with Gasteiger partial charge in [0.15, 0.2) is 0 Å². The normalized spacial score (nSPS) is 17.9. The number of carbonyl (C=O) groups excluding carboxylic acids is 1. The van der Waals surface area contributed by atoms with Crippen molar-refractivity contribution in [2.24, 2.45) is 0 Å². The summed E-state index contributed by atoms with van der Waals surface area (Å²) in [5.74, 6) is -0.833. The van der Waals surface area contributed by atoms with Crippen molar-refractivity contribution < 1.29 is 13.7 Å². The van der Waals surface area contributed by atoms with Crippen molar-refractivity contribution in [3.05, 3.63) is 40.8 Å². The largest absolute Gasteiger partial charge is 0.337 e. The third-order valence-electron chi connectivity index (χ3n) is 3.12. The van der Waals surface area contributed by atoms with E-state index < -0.39 is 11.7 Å². The molecule has 0 aliphatic carbocycles. The van der Waals surface area contributed by atoms with Gasteiger partial charge in [-0.15, -0.1) is 0 Å². The molecule has 1 saturated heterocycles. The Labute approximate surface area is 124 Å². The quantitative estimate of drug-likeness (QED) is 0.910. The predicted octanol–water partition coefficient (Wildman–Crippen LogP) is 2.54. The Kier molecular flexibility index (Phi) is 3.85. The molecule has 21 heavy (non-hydrogen) atoms. The molecule has 1 aromatic heterocycles. The van der Waals surface area contributed by atoms with Gasteiger partial charge < -0.3 is 15.2 Å². The van der Waals surface area contributed by atoms with Crippen molar-refractivity contribution in [1.82, 2.24) is 15.5 Å². The minimum atomic E-state index is -0.579. The number of rotatable bonds is 3. The first-order valence-electron chi connectivity index (χ1n) is 6.46. The average Bonchev–Trinajstić information content (AvgIpc) is 3.09. The second kappa shape index (κ2) is 5.79. The lowest BCUT2D eigenvalue weighted by Gasteiger charge is -2.03. The van der Waals surface area contributed by atoms with Crippen LogP contribution in [0.4, 0.5) is 10.1 Å². The number of amides is 1. The van der Waals surface area contributed by atoms with E-state index >= 15 is 0 Å². The molecule has 2 N–H and O–H groups in total. The van der Waals surface area contributed by atoms with E-state index in [9.17, 15) is 9.18 Å². The number of halogens is 2. The fourth-order valence-electron chi connectivity index (χ4n) is 2.18. The van der Waals surface area contributed by atoms with E-state index in [1.807, 2.05) is 0 Å². The number of aromatic nitrogens is 2. The second-order valence-electron chi connectivity index (χ2n) is 4.72. The van der Waals surface area contributed by atoms with Gasteiger partial charge in [-0.3, -0.25) is 4.79 Å². The van der Waals surface area contributed by atoms with Crippen LogP contribution in [0.2, 0.25) is 5.02 Å². The van der Waals surface area contributed by atoms with Gasteiger partial charge in [0.05, 0.1) is 6.04 Å². The van der Waals surface area contributed by atoms with Crippen LogP contribution in [0.5, 0.6) is 0 Å². The van der Waals surface area contributed by atoms with Crippen molar-refractivity contribution >= 4 is 23.2 Å². The van der Waals surface area contributed by atoms with Crippen LogP contribution in [0.3, 0.4) is 0 Å². The van der Waals surface area contributed by atoms with Crippen molar-refractivity contribution in [2.45, 2.75) is 18.9 Å². The SMILES string of the molecule is O=C(Nc1cc(F)cc(Cl)c1)c1noc(C2CCCN2)n1. The van der Waals surface area contributed by atoms with E-state index in [0.29, 0.717) is 5.89 Å². The summed E-state index contributed by atoms with van der Waals surface area (Å²) in [5, 5.41) is 9.50. The van der Waals surface area contributed by atoms with Crippen molar-refractivity contribution in [1.29, 1.82) is 0 Å². The summed E-state index contributed by atoms with van der Waals surface area (Å²) in [6, 6.07) is 3.73. The molecule has 8 heteroatoms. The molecular formula is C13H12ClFN4O2. The van der Waals surface area contributed by atoms with Gasteiger partial charge >= 0.3 is 0 Å². The van der Waals surface area contributed by atoms with Gasteiger partial charge in [-0.25, -0.2) is 4.39 Å². The Hall–Kier alpha value is -1.99. The molecule has 1 unspecified atom stereocenters. The molecule has 1 atom stereocenters. The molecule has 6 nitrogen and oxygen atoms in total. The zero-order chi connectivity index (χ0) is 14.8. The molecule has 0 radical (unpaired) electrons. The van der Waals surface area contributed by atoms with E-state index in [4.69, 9.17) is 16.1 Å². The summed E-state index contributed by atoms with van der Waals surface area (Å²) in [6.07, 6.45) is 1.92. The number of hydrogen-bond acceptors (Lipinski definition) is 5. The van der Waals surface area contributed by atoms with Crippen LogP contribution >= 0.6 is 11.6 Å². The first kappa shape index (κ1) is 14.0. The molecule has 1 fully saturated rings.